The zero-order valence-corrected chi connectivity index (χ0v) is 15.1. The van der Waals surface area contributed by atoms with E-state index in [1.165, 1.54) is 5.56 Å². The summed E-state index contributed by atoms with van der Waals surface area (Å²) >= 11 is 0. The molecule has 1 atom stereocenters. The molecule has 0 radical (unpaired) electrons. The number of hydrogen-bond donors (Lipinski definition) is 1. The maximum Gasteiger partial charge on any atom is 0.119 e. The predicted octanol–water partition coefficient (Wildman–Crippen LogP) is 5.19. The van der Waals surface area contributed by atoms with Crippen molar-refractivity contribution in [1.82, 2.24) is 0 Å². The lowest BCUT2D eigenvalue weighted by molar-refractivity contribution is 0.235. The standard InChI is InChI=1S/C23H25NO2/c1-19(26-23-10-6-3-7-11-23)18-24-21-12-14-22(15-13-21)25-17-16-20-8-4-2-5-9-20/h2-15,19,24H,16-18H2,1H3. The van der Waals surface area contributed by atoms with E-state index in [9.17, 15) is 0 Å². The van der Waals surface area contributed by atoms with Crippen molar-refractivity contribution in [3.8, 4) is 11.5 Å². The van der Waals surface area contributed by atoms with Gasteiger partial charge < -0.3 is 14.8 Å². The smallest absolute Gasteiger partial charge is 0.119 e. The van der Waals surface area contributed by atoms with Crippen LogP contribution in [-0.4, -0.2) is 19.3 Å². The Kier molecular flexibility index (Phi) is 6.54. The molecule has 3 nitrogen and oxygen atoms in total. The average Bonchev–Trinajstić information content (AvgIpc) is 2.69. The Morgan fingerprint density at radius 2 is 1.42 bits per heavy atom. The van der Waals surface area contributed by atoms with Crippen LogP contribution < -0.4 is 14.8 Å². The molecule has 0 aliphatic rings. The summed E-state index contributed by atoms with van der Waals surface area (Å²) in [5.41, 5.74) is 2.35. The van der Waals surface area contributed by atoms with E-state index in [2.05, 4.69) is 36.5 Å². The predicted molar refractivity (Wildman–Crippen MR) is 107 cm³/mol. The van der Waals surface area contributed by atoms with E-state index < -0.39 is 0 Å². The van der Waals surface area contributed by atoms with E-state index in [0.29, 0.717) is 6.61 Å². The summed E-state index contributed by atoms with van der Waals surface area (Å²) in [7, 11) is 0. The van der Waals surface area contributed by atoms with Crippen LogP contribution in [0.3, 0.4) is 0 Å². The molecule has 1 N–H and O–H groups in total. The summed E-state index contributed by atoms with van der Waals surface area (Å²) in [6, 6.07) is 28.3. The molecule has 0 saturated carbocycles. The third kappa shape index (κ3) is 5.85. The van der Waals surface area contributed by atoms with E-state index in [1.807, 2.05) is 60.7 Å². The summed E-state index contributed by atoms with van der Waals surface area (Å²) in [6.07, 6.45) is 0.994. The first kappa shape index (κ1) is 17.9. The maximum atomic E-state index is 5.87. The molecular weight excluding hydrogens is 322 g/mol. The van der Waals surface area contributed by atoms with Crippen LogP contribution in [0.15, 0.2) is 84.9 Å². The number of para-hydroxylation sites is 1. The first-order chi connectivity index (χ1) is 12.8. The van der Waals surface area contributed by atoms with Gasteiger partial charge in [0, 0.05) is 12.1 Å². The zero-order valence-electron chi connectivity index (χ0n) is 15.1. The normalized spacial score (nSPS) is 11.6. The first-order valence-corrected chi connectivity index (χ1v) is 9.02. The molecule has 0 aliphatic carbocycles. The van der Waals surface area contributed by atoms with Gasteiger partial charge >= 0.3 is 0 Å². The highest BCUT2D eigenvalue weighted by atomic mass is 16.5. The highest BCUT2D eigenvalue weighted by Gasteiger charge is 2.04. The fourth-order valence-corrected chi connectivity index (χ4v) is 2.64. The molecular formula is C23H25NO2. The number of nitrogens with one attached hydrogen (secondary N) is 1. The van der Waals surface area contributed by atoms with Crippen molar-refractivity contribution in [2.45, 2.75) is 19.4 Å². The Bertz CT molecular complexity index is 757. The molecule has 0 aliphatic heterocycles. The van der Waals surface area contributed by atoms with Gasteiger partial charge in [-0.25, -0.2) is 0 Å². The molecule has 0 heterocycles. The highest BCUT2D eigenvalue weighted by Crippen LogP contribution is 2.17. The van der Waals surface area contributed by atoms with Gasteiger partial charge in [-0.05, 0) is 48.9 Å². The second-order valence-electron chi connectivity index (χ2n) is 6.23. The summed E-state index contributed by atoms with van der Waals surface area (Å²) in [6.45, 7) is 3.48. The molecule has 1 unspecified atom stereocenters. The minimum Gasteiger partial charge on any atom is -0.493 e. The minimum absolute atomic E-state index is 0.0826. The number of anilines is 1. The van der Waals surface area contributed by atoms with Gasteiger partial charge in [0.25, 0.3) is 0 Å². The van der Waals surface area contributed by atoms with Crippen LogP contribution in [-0.2, 0) is 6.42 Å². The molecule has 3 rings (SSSR count). The Balaban J connectivity index is 1.40. The van der Waals surface area contributed by atoms with Gasteiger partial charge in [-0.1, -0.05) is 48.5 Å². The van der Waals surface area contributed by atoms with Crippen LogP contribution in [0.1, 0.15) is 12.5 Å². The quantitative estimate of drug-likeness (QED) is 0.578. The van der Waals surface area contributed by atoms with Crippen LogP contribution in [0.5, 0.6) is 11.5 Å². The molecule has 134 valence electrons. The largest absolute Gasteiger partial charge is 0.493 e. The minimum atomic E-state index is 0.0826. The monoisotopic (exact) mass is 347 g/mol. The number of hydrogen-bond acceptors (Lipinski definition) is 3. The molecule has 26 heavy (non-hydrogen) atoms. The van der Waals surface area contributed by atoms with Crippen LogP contribution in [0, 0.1) is 0 Å². The Morgan fingerprint density at radius 1 is 0.769 bits per heavy atom. The molecule has 3 heteroatoms. The highest BCUT2D eigenvalue weighted by molar-refractivity contribution is 5.46. The third-order valence-corrected chi connectivity index (χ3v) is 4.03. The lowest BCUT2D eigenvalue weighted by atomic mass is 10.2. The van der Waals surface area contributed by atoms with E-state index >= 15 is 0 Å². The van der Waals surface area contributed by atoms with Gasteiger partial charge in [-0.3, -0.25) is 0 Å². The molecule has 0 bridgehead atoms. The molecule has 3 aromatic rings. The van der Waals surface area contributed by atoms with E-state index in [-0.39, 0.29) is 6.10 Å². The fraction of sp³-hybridized carbons (Fsp3) is 0.217. The molecule has 0 saturated heterocycles. The van der Waals surface area contributed by atoms with Gasteiger partial charge in [-0.15, -0.1) is 0 Å². The molecule has 3 aromatic carbocycles. The third-order valence-electron chi connectivity index (χ3n) is 4.03. The van der Waals surface area contributed by atoms with Crippen LogP contribution in [0.25, 0.3) is 0 Å². The maximum absolute atomic E-state index is 5.87. The zero-order chi connectivity index (χ0) is 18.0. The molecule has 0 fully saturated rings. The van der Waals surface area contributed by atoms with Crippen molar-refractivity contribution < 1.29 is 9.47 Å². The fourth-order valence-electron chi connectivity index (χ4n) is 2.64. The van der Waals surface area contributed by atoms with Crippen molar-refractivity contribution in [2.75, 3.05) is 18.5 Å². The lowest BCUT2D eigenvalue weighted by Gasteiger charge is -2.16. The molecule has 0 spiro atoms. The average molecular weight is 347 g/mol. The van der Waals surface area contributed by atoms with Gasteiger partial charge in [0.1, 0.15) is 17.6 Å². The molecule has 0 aromatic heterocycles. The van der Waals surface area contributed by atoms with Gasteiger partial charge in [0.15, 0.2) is 0 Å². The second kappa shape index (κ2) is 9.52. The van der Waals surface area contributed by atoms with Crippen molar-refractivity contribution in [3.63, 3.8) is 0 Å². The summed E-state index contributed by atoms with van der Waals surface area (Å²) < 4.78 is 11.7. The summed E-state index contributed by atoms with van der Waals surface area (Å²) in [5, 5.41) is 3.39. The Labute approximate surface area is 155 Å². The Morgan fingerprint density at radius 3 is 2.12 bits per heavy atom. The number of ether oxygens (including phenoxy) is 2. The topological polar surface area (TPSA) is 30.5 Å². The summed E-state index contributed by atoms with van der Waals surface area (Å²) in [4.78, 5) is 0. The molecule has 0 amide bonds. The number of rotatable bonds is 9. The van der Waals surface area contributed by atoms with Crippen molar-refractivity contribution in [2.24, 2.45) is 0 Å². The second-order valence-corrected chi connectivity index (χ2v) is 6.23. The van der Waals surface area contributed by atoms with Gasteiger partial charge in [0.2, 0.25) is 0 Å². The van der Waals surface area contributed by atoms with E-state index in [4.69, 9.17) is 9.47 Å². The van der Waals surface area contributed by atoms with Crippen LogP contribution >= 0.6 is 0 Å². The van der Waals surface area contributed by atoms with Gasteiger partial charge in [-0.2, -0.15) is 0 Å². The summed E-state index contributed by atoms with van der Waals surface area (Å²) in [5.74, 6) is 1.78. The van der Waals surface area contributed by atoms with Crippen LogP contribution in [0.2, 0.25) is 0 Å². The SMILES string of the molecule is CC(CNc1ccc(OCCc2ccccc2)cc1)Oc1ccccc1. The van der Waals surface area contributed by atoms with Crippen molar-refractivity contribution in [1.29, 1.82) is 0 Å². The lowest BCUT2D eigenvalue weighted by Crippen LogP contribution is -2.22. The Hall–Kier alpha value is -2.94. The van der Waals surface area contributed by atoms with Crippen LogP contribution in [0.4, 0.5) is 5.69 Å². The van der Waals surface area contributed by atoms with Crippen molar-refractivity contribution >= 4 is 5.69 Å². The number of benzene rings is 3. The first-order valence-electron chi connectivity index (χ1n) is 9.02. The van der Waals surface area contributed by atoms with E-state index in [1.54, 1.807) is 0 Å². The van der Waals surface area contributed by atoms with Crippen molar-refractivity contribution in [3.05, 3.63) is 90.5 Å². The van der Waals surface area contributed by atoms with E-state index in [0.717, 1.165) is 30.2 Å². The van der Waals surface area contributed by atoms with Gasteiger partial charge in [0.05, 0.1) is 13.2 Å².